The number of para-hydroxylation sites is 1. The van der Waals surface area contributed by atoms with Gasteiger partial charge in [-0.2, -0.15) is 0 Å². The Morgan fingerprint density at radius 1 is 1.46 bits per heavy atom. The minimum absolute atomic E-state index is 0.719. The van der Waals surface area contributed by atoms with Gasteiger partial charge in [0.05, 0.1) is 5.82 Å². The van der Waals surface area contributed by atoms with Gasteiger partial charge >= 0.3 is 0 Å². The molecule has 0 atom stereocenters. The van der Waals surface area contributed by atoms with E-state index in [1.807, 2.05) is 24.3 Å². The molecular weight excluding hydrogens is 160 g/mol. The molecule has 1 aromatic carbocycles. The van der Waals surface area contributed by atoms with Crippen LogP contribution in [0, 0.1) is 6.92 Å². The quantitative estimate of drug-likeness (QED) is 0.743. The van der Waals surface area contributed by atoms with Crippen molar-refractivity contribution in [3.8, 4) is 0 Å². The third-order valence-electron chi connectivity index (χ3n) is 1.85. The molecule has 1 rings (SSSR count). The molecule has 0 aliphatic heterocycles. The Kier molecular flexibility index (Phi) is 3.38. The Balaban J connectivity index is 2.74. The molecule has 0 amide bonds. The zero-order valence-corrected chi connectivity index (χ0v) is 8.17. The van der Waals surface area contributed by atoms with Crippen LogP contribution in [0.2, 0.25) is 0 Å². The lowest BCUT2D eigenvalue weighted by Gasteiger charge is -2.08. The number of benzene rings is 1. The maximum atomic E-state index is 5.74. The number of aryl methyl sites for hydroxylation is 1. The fraction of sp³-hybridized carbons (Fsp3) is 0.273. The fourth-order valence-electron chi connectivity index (χ4n) is 1.14. The first-order chi connectivity index (χ1) is 6.24. The predicted molar refractivity (Wildman–Crippen MR) is 57.4 cm³/mol. The topological polar surface area (TPSA) is 38.0 Å². The van der Waals surface area contributed by atoms with Crippen LogP contribution in [0.3, 0.4) is 0 Å². The Bertz CT molecular complexity index is 303. The molecule has 13 heavy (non-hydrogen) atoms. The maximum Gasteiger partial charge on any atom is 0.0963 e. The molecule has 2 heteroatoms. The third kappa shape index (κ3) is 2.82. The van der Waals surface area contributed by atoms with E-state index in [0.717, 1.165) is 17.9 Å². The first-order valence-corrected chi connectivity index (χ1v) is 4.52. The van der Waals surface area contributed by atoms with E-state index in [1.54, 1.807) is 0 Å². The van der Waals surface area contributed by atoms with Crippen LogP contribution < -0.4 is 11.1 Å². The monoisotopic (exact) mass is 176 g/mol. The lowest BCUT2D eigenvalue weighted by molar-refractivity contribution is 1.16. The van der Waals surface area contributed by atoms with Crippen LogP contribution in [0.25, 0.3) is 0 Å². The molecule has 0 saturated heterocycles. The van der Waals surface area contributed by atoms with Crippen molar-refractivity contribution in [3.63, 3.8) is 0 Å². The van der Waals surface area contributed by atoms with Crippen molar-refractivity contribution in [2.45, 2.75) is 20.3 Å². The summed E-state index contributed by atoms with van der Waals surface area (Å²) in [6.45, 7) is 4.12. The number of nitrogens with two attached hydrogens (primary N) is 1. The van der Waals surface area contributed by atoms with Gasteiger partial charge in [-0.15, -0.1) is 0 Å². The summed E-state index contributed by atoms with van der Waals surface area (Å²) >= 11 is 0. The van der Waals surface area contributed by atoms with Crippen molar-refractivity contribution in [2.24, 2.45) is 5.73 Å². The van der Waals surface area contributed by atoms with Gasteiger partial charge in [-0.05, 0) is 31.1 Å². The van der Waals surface area contributed by atoms with Gasteiger partial charge < -0.3 is 11.1 Å². The third-order valence-corrected chi connectivity index (χ3v) is 1.85. The van der Waals surface area contributed by atoms with Gasteiger partial charge in [-0.3, -0.25) is 0 Å². The summed E-state index contributed by atoms with van der Waals surface area (Å²) < 4.78 is 0. The minimum Gasteiger partial charge on any atom is -0.386 e. The van der Waals surface area contributed by atoms with Crippen LogP contribution in [0.1, 0.15) is 18.9 Å². The summed E-state index contributed by atoms with van der Waals surface area (Å²) in [5, 5.41) is 3.15. The van der Waals surface area contributed by atoms with Crippen molar-refractivity contribution in [2.75, 3.05) is 5.32 Å². The summed E-state index contributed by atoms with van der Waals surface area (Å²) in [7, 11) is 0. The van der Waals surface area contributed by atoms with E-state index in [2.05, 4.69) is 25.2 Å². The number of allylic oxidation sites excluding steroid dienone is 1. The molecule has 0 unspecified atom stereocenters. The highest BCUT2D eigenvalue weighted by Crippen LogP contribution is 2.13. The van der Waals surface area contributed by atoms with Gasteiger partial charge in [-0.25, -0.2) is 0 Å². The zero-order chi connectivity index (χ0) is 9.68. The van der Waals surface area contributed by atoms with Crippen LogP contribution in [0.4, 0.5) is 5.69 Å². The molecule has 0 heterocycles. The largest absolute Gasteiger partial charge is 0.386 e. The lowest BCUT2D eigenvalue weighted by Crippen LogP contribution is -2.09. The van der Waals surface area contributed by atoms with Crippen molar-refractivity contribution in [3.05, 3.63) is 41.7 Å². The van der Waals surface area contributed by atoms with E-state index in [9.17, 15) is 0 Å². The summed E-state index contributed by atoms with van der Waals surface area (Å²) in [5.74, 6) is 0.719. The van der Waals surface area contributed by atoms with Crippen molar-refractivity contribution in [1.82, 2.24) is 0 Å². The predicted octanol–water partition coefficient (Wildman–Crippen LogP) is 2.62. The van der Waals surface area contributed by atoms with E-state index in [0.29, 0.717) is 0 Å². The molecule has 0 fully saturated rings. The molecule has 2 nitrogen and oxygen atoms in total. The highest BCUT2D eigenvalue weighted by molar-refractivity contribution is 5.53. The van der Waals surface area contributed by atoms with Crippen LogP contribution >= 0.6 is 0 Å². The van der Waals surface area contributed by atoms with E-state index in [4.69, 9.17) is 5.73 Å². The Labute approximate surface area is 79.5 Å². The van der Waals surface area contributed by atoms with Crippen LogP contribution in [0.15, 0.2) is 36.2 Å². The van der Waals surface area contributed by atoms with Gasteiger partial charge in [0.15, 0.2) is 0 Å². The SMILES string of the molecule is CC/C=C(\N)Nc1ccccc1C. The Morgan fingerprint density at radius 2 is 2.15 bits per heavy atom. The van der Waals surface area contributed by atoms with Gasteiger partial charge in [0.25, 0.3) is 0 Å². The number of hydrogen-bond donors (Lipinski definition) is 2. The Hall–Kier alpha value is -1.44. The Morgan fingerprint density at radius 3 is 2.77 bits per heavy atom. The highest BCUT2D eigenvalue weighted by atomic mass is 15.0. The molecule has 0 aromatic heterocycles. The first kappa shape index (κ1) is 9.65. The van der Waals surface area contributed by atoms with E-state index >= 15 is 0 Å². The molecule has 0 spiro atoms. The summed E-state index contributed by atoms with van der Waals surface area (Å²) in [6, 6.07) is 8.09. The molecule has 0 aliphatic rings. The van der Waals surface area contributed by atoms with E-state index < -0.39 is 0 Å². The van der Waals surface area contributed by atoms with Gasteiger partial charge in [0.1, 0.15) is 0 Å². The minimum atomic E-state index is 0.719. The van der Waals surface area contributed by atoms with E-state index in [-0.39, 0.29) is 0 Å². The number of anilines is 1. The number of hydrogen-bond acceptors (Lipinski definition) is 2. The smallest absolute Gasteiger partial charge is 0.0963 e. The lowest BCUT2D eigenvalue weighted by atomic mass is 10.2. The average Bonchev–Trinajstić information content (AvgIpc) is 2.09. The maximum absolute atomic E-state index is 5.74. The van der Waals surface area contributed by atoms with Crippen molar-refractivity contribution >= 4 is 5.69 Å². The van der Waals surface area contributed by atoms with Gasteiger partial charge in [0, 0.05) is 5.69 Å². The molecule has 1 aromatic rings. The van der Waals surface area contributed by atoms with Crippen molar-refractivity contribution < 1.29 is 0 Å². The molecular formula is C11H16N2. The van der Waals surface area contributed by atoms with Crippen LogP contribution in [0.5, 0.6) is 0 Å². The second-order valence-corrected chi connectivity index (χ2v) is 3.01. The van der Waals surface area contributed by atoms with Gasteiger partial charge in [0.2, 0.25) is 0 Å². The highest BCUT2D eigenvalue weighted by Gasteiger charge is 1.95. The standard InChI is InChI=1S/C11H16N2/c1-3-6-11(12)13-10-8-5-4-7-9(10)2/h4-8,13H,3,12H2,1-2H3/b11-6+. The second kappa shape index (κ2) is 4.55. The summed E-state index contributed by atoms with van der Waals surface area (Å²) in [6.07, 6.45) is 2.91. The zero-order valence-electron chi connectivity index (χ0n) is 8.17. The summed E-state index contributed by atoms with van der Waals surface area (Å²) in [4.78, 5) is 0. The molecule has 70 valence electrons. The number of rotatable bonds is 3. The second-order valence-electron chi connectivity index (χ2n) is 3.01. The van der Waals surface area contributed by atoms with E-state index in [1.165, 1.54) is 5.56 Å². The normalized spacial score (nSPS) is 11.4. The molecule has 3 N–H and O–H groups in total. The average molecular weight is 176 g/mol. The summed E-state index contributed by atoms with van der Waals surface area (Å²) in [5.41, 5.74) is 8.01. The first-order valence-electron chi connectivity index (χ1n) is 4.52. The fourth-order valence-corrected chi connectivity index (χ4v) is 1.14. The van der Waals surface area contributed by atoms with Crippen molar-refractivity contribution in [1.29, 1.82) is 0 Å². The van der Waals surface area contributed by atoms with Crippen LogP contribution in [-0.2, 0) is 0 Å². The molecule has 0 aliphatic carbocycles. The van der Waals surface area contributed by atoms with Crippen LogP contribution in [-0.4, -0.2) is 0 Å². The molecule has 0 saturated carbocycles. The molecule has 0 radical (unpaired) electrons. The van der Waals surface area contributed by atoms with Gasteiger partial charge in [-0.1, -0.05) is 25.1 Å². The molecule has 0 bridgehead atoms. The number of nitrogens with one attached hydrogen (secondary N) is 1.